The number of benzene rings is 2. The molecule has 0 aliphatic heterocycles. The summed E-state index contributed by atoms with van der Waals surface area (Å²) >= 11 is 0. The van der Waals surface area contributed by atoms with Crippen LogP contribution in [0.15, 0.2) is 47.4 Å². The zero-order valence-electron chi connectivity index (χ0n) is 13.0. The Morgan fingerprint density at radius 3 is 2.68 bits per heavy atom. The van der Waals surface area contributed by atoms with Gasteiger partial charge in [0.2, 0.25) is 0 Å². The molecule has 0 amide bonds. The van der Waals surface area contributed by atoms with Crippen molar-refractivity contribution in [1.82, 2.24) is 9.38 Å². The van der Waals surface area contributed by atoms with Gasteiger partial charge < -0.3 is 4.74 Å². The molecule has 5 rings (SSSR count). The summed E-state index contributed by atoms with van der Waals surface area (Å²) in [5.74, 6) is -1.56. The summed E-state index contributed by atoms with van der Waals surface area (Å²) in [6.07, 6.45) is 1.60. The van der Waals surface area contributed by atoms with Crippen molar-refractivity contribution in [2.75, 3.05) is 7.11 Å². The van der Waals surface area contributed by atoms with Crippen molar-refractivity contribution >= 4 is 38.1 Å². The highest BCUT2D eigenvalue weighted by atomic mass is 19.2. The van der Waals surface area contributed by atoms with Crippen LogP contribution >= 0.6 is 0 Å². The standard InChI is InChI=1S/C19H10F2N2O2/c1-25-9-2-5-14-12(8-9)10-6-7-22-17-11-3-4-13(20)16(21)15(11)19(24)23(14)18(10)17/h2-8H,1H3. The quantitative estimate of drug-likeness (QED) is 0.436. The third kappa shape index (κ3) is 1.63. The molecule has 0 saturated carbocycles. The second kappa shape index (κ2) is 4.63. The van der Waals surface area contributed by atoms with Gasteiger partial charge in [-0.3, -0.25) is 14.2 Å². The van der Waals surface area contributed by atoms with Crippen molar-refractivity contribution in [2.45, 2.75) is 0 Å². The molecular weight excluding hydrogens is 326 g/mol. The van der Waals surface area contributed by atoms with Gasteiger partial charge in [0.15, 0.2) is 11.6 Å². The zero-order valence-corrected chi connectivity index (χ0v) is 13.0. The normalized spacial score (nSPS) is 12.0. The van der Waals surface area contributed by atoms with E-state index in [0.717, 1.165) is 16.8 Å². The molecule has 0 bridgehead atoms. The molecule has 122 valence electrons. The Labute approximate surface area is 139 Å². The summed E-state index contributed by atoms with van der Waals surface area (Å²) < 4.78 is 34.8. The van der Waals surface area contributed by atoms with Gasteiger partial charge in [0.1, 0.15) is 5.75 Å². The van der Waals surface area contributed by atoms with Crippen molar-refractivity contribution in [3.8, 4) is 5.75 Å². The first-order chi connectivity index (χ1) is 12.1. The van der Waals surface area contributed by atoms with Gasteiger partial charge in [0.25, 0.3) is 5.56 Å². The van der Waals surface area contributed by atoms with Crippen LogP contribution in [0.5, 0.6) is 5.75 Å². The maximum atomic E-state index is 14.4. The van der Waals surface area contributed by atoms with Crippen LogP contribution in [0.3, 0.4) is 0 Å². The molecular formula is C19H10F2N2O2. The van der Waals surface area contributed by atoms with Crippen LogP contribution < -0.4 is 10.3 Å². The fraction of sp³-hybridized carbons (Fsp3) is 0.0526. The lowest BCUT2D eigenvalue weighted by Gasteiger charge is -2.06. The van der Waals surface area contributed by atoms with Gasteiger partial charge in [-0.2, -0.15) is 0 Å². The van der Waals surface area contributed by atoms with E-state index in [-0.39, 0.29) is 5.39 Å². The van der Waals surface area contributed by atoms with Gasteiger partial charge in [0.05, 0.1) is 29.0 Å². The number of rotatable bonds is 1. The first-order valence-corrected chi connectivity index (χ1v) is 7.62. The Balaban J connectivity index is 2.20. The fourth-order valence-electron chi connectivity index (χ4n) is 3.55. The number of halogens is 2. The van der Waals surface area contributed by atoms with Crippen molar-refractivity contribution in [1.29, 1.82) is 0 Å². The van der Waals surface area contributed by atoms with Crippen LogP contribution in [0.2, 0.25) is 0 Å². The molecule has 5 aromatic rings. The molecule has 3 heterocycles. The fourth-order valence-corrected chi connectivity index (χ4v) is 3.55. The molecule has 6 heteroatoms. The monoisotopic (exact) mass is 336 g/mol. The molecule has 0 atom stereocenters. The van der Waals surface area contributed by atoms with Crippen molar-refractivity contribution < 1.29 is 13.5 Å². The molecule has 3 aromatic heterocycles. The maximum absolute atomic E-state index is 14.4. The van der Waals surface area contributed by atoms with Crippen molar-refractivity contribution in [2.24, 2.45) is 0 Å². The number of nitrogens with zero attached hydrogens (tertiary/aromatic N) is 2. The minimum absolute atomic E-state index is 0.291. The summed E-state index contributed by atoms with van der Waals surface area (Å²) in [4.78, 5) is 17.3. The topological polar surface area (TPSA) is 43.6 Å². The van der Waals surface area contributed by atoms with Gasteiger partial charge in [0, 0.05) is 22.4 Å². The summed E-state index contributed by atoms with van der Waals surface area (Å²) in [6, 6.07) is 9.49. The van der Waals surface area contributed by atoms with E-state index in [1.54, 1.807) is 31.5 Å². The Kier molecular flexibility index (Phi) is 2.61. The minimum Gasteiger partial charge on any atom is -0.497 e. The number of hydrogen-bond donors (Lipinski definition) is 0. The molecule has 0 fully saturated rings. The number of ether oxygens (including phenoxy) is 1. The Bertz CT molecular complexity index is 1380. The predicted octanol–water partition coefficient (Wildman–Crippen LogP) is 3.88. The molecule has 0 saturated heterocycles. The number of fused-ring (bicyclic) bond motifs is 5. The highest BCUT2D eigenvalue weighted by Crippen LogP contribution is 2.35. The molecule has 0 N–H and O–H groups in total. The second-order valence-corrected chi connectivity index (χ2v) is 5.86. The van der Waals surface area contributed by atoms with Gasteiger partial charge in [-0.25, -0.2) is 8.78 Å². The summed E-state index contributed by atoms with van der Waals surface area (Å²) in [5.41, 5.74) is 1.05. The van der Waals surface area contributed by atoms with Crippen LogP contribution in [0.25, 0.3) is 38.1 Å². The van der Waals surface area contributed by atoms with E-state index in [1.165, 1.54) is 10.5 Å². The van der Waals surface area contributed by atoms with Gasteiger partial charge in [-0.05, 0) is 36.4 Å². The molecule has 4 nitrogen and oxygen atoms in total. The van der Waals surface area contributed by atoms with Gasteiger partial charge >= 0.3 is 0 Å². The van der Waals surface area contributed by atoms with E-state index in [9.17, 15) is 13.6 Å². The second-order valence-electron chi connectivity index (χ2n) is 5.86. The van der Waals surface area contributed by atoms with E-state index in [2.05, 4.69) is 4.98 Å². The third-order valence-corrected chi connectivity index (χ3v) is 4.65. The SMILES string of the molecule is COc1ccc2c(c1)c1ccnc3c4ccc(F)c(F)c4c(=O)n2c13. The van der Waals surface area contributed by atoms with Crippen LogP contribution in [0, 0.1) is 11.6 Å². The largest absolute Gasteiger partial charge is 0.497 e. The highest BCUT2D eigenvalue weighted by Gasteiger charge is 2.21. The first kappa shape index (κ1) is 14.1. The van der Waals surface area contributed by atoms with Crippen LogP contribution in [-0.4, -0.2) is 16.5 Å². The van der Waals surface area contributed by atoms with E-state index >= 15 is 0 Å². The molecule has 0 radical (unpaired) electrons. The summed E-state index contributed by atoms with van der Waals surface area (Å²) in [5, 5.41) is 1.61. The van der Waals surface area contributed by atoms with Crippen molar-refractivity contribution in [3.63, 3.8) is 0 Å². The van der Waals surface area contributed by atoms with E-state index in [4.69, 9.17) is 4.74 Å². The van der Waals surface area contributed by atoms with E-state index in [1.807, 2.05) is 6.07 Å². The number of pyridine rings is 2. The lowest BCUT2D eigenvalue weighted by molar-refractivity contribution is 0.415. The van der Waals surface area contributed by atoms with Crippen LogP contribution in [0.4, 0.5) is 8.78 Å². The average molecular weight is 336 g/mol. The smallest absolute Gasteiger partial charge is 0.266 e. The lowest BCUT2D eigenvalue weighted by Crippen LogP contribution is -2.15. The third-order valence-electron chi connectivity index (χ3n) is 4.65. The summed E-state index contributed by atoms with van der Waals surface area (Å²) in [6.45, 7) is 0. The molecule has 25 heavy (non-hydrogen) atoms. The molecule has 0 aliphatic rings. The molecule has 2 aromatic carbocycles. The highest BCUT2D eigenvalue weighted by molar-refractivity contribution is 6.18. The lowest BCUT2D eigenvalue weighted by atomic mass is 10.1. The molecule has 0 spiro atoms. The predicted molar refractivity (Wildman–Crippen MR) is 91.6 cm³/mol. The first-order valence-electron chi connectivity index (χ1n) is 7.62. The van der Waals surface area contributed by atoms with E-state index in [0.29, 0.717) is 27.7 Å². The van der Waals surface area contributed by atoms with Gasteiger partial charge in [-0.15, -0.1) is 0 Å². The average Bonchev–Trinajstić information content (AvgIpc) is 2.97. The maximum Gasteiger partial charge on any atom is 0.266 e. The Morgan fingerprint density at radius 2 is 1.88 bits per heavy atom. The zero-order chi connectivity index (χ0) is 17.3. The number of aromatic nitrogens is 2. The van der Waals surface area contributed by atoms with Crippen molar-refractivity contribution in [3.05, 3.63) is 64.6 Å². The molecule has 0 unspecified atom stereocenters. The van der Waals surface area contributed by atoms with Gasteiger partial charge in [-0.1, -0.05) is 0 Å². The Morgan fingerprint density at radius 1 is 1.04 bits per heavy atom. The number of hydrogen-bond acceptors (Lipinski definition) is 3. The van der Waals surface area contributed by atoms with Crippen LogP contribution in [0.1, 0.15) is 0 Å². The minimum atomic E-state index is -1.15. The van der Waals surface area contributed by atoms with Crippen LogP contribution in [-0.2, 0) is 0 Å². The van der Waals surface area contributed by atoms with E-state index < -0.39 is 17.2 Å². The summed E-state index contributed by atoms with van der Waals surface area (Å²) in [7, 11) is 1.56. The molecule has 0 aliphatic carbocycles. The number of methoxy groups -OCH3 is 1. The Hall–Kier alpha value is -3.28.